The Hall–Kier alpha value is -0.660. The van der Waals surface area contributed by atoms with Gasteiger partial charge in [-0.1, -0.05) is 0 Å². The van der Waals surface area contributed by atoms with Crippen LogP contribution in [-0.2, 0) is 9.59 Å². The van der Waals surface area contributed by atoms with Gasteiger partial charge in [0.2, 0.25) is 5.91 Å². The summed E-state index contributed by atoms with van der Waals surface area (Å²) in [7, 11) is 0. The first kappa shape index (κ1) is 10.8. The first-order chi connectivity index (χ1) is 7.07. The summed E-state index contributed by atoms with van der Waals surface area (Å²) in [6.07, 6.45) is 0. The molecule has 5 nitrogen and oxygen atoms in total. The second kappa shape index (κ2) is 3.73. The zero-order valence-electron chi connectivity index (χ0n) is 7.71. The summed E-state index contributed by atoms with van der Waals surface area (Å²) in [4.78, 5) is 23.7. The molecule has 1 amide bonds. The van der Waals surface area contributed by atoms with E-state index >= 15 is 0 Å². The maximum Gasteiger partial charge on any atom is 0.352 e. The Labute approximate surface area is 96.1 Å². The molecule has 0 spiro atoms. The fraction of sp³-hybridized carbons (Fsp3) is 0.500. The van der Waals surface area contributed by atoms with Crippen molar-refractivity contribution in [3.05, 3.63) is 11.3 Å². The van der Waals surface area contributed by atoms with E-state index < -0.39 is 12.0 Å². The van der Waals surface area contributed by atoms with Crippen LogP contribution in [0.2, 0.25) is 0 Å². The van der Waals surface area contributed by atoms with Crippen LogP contribution in [-0.4, -0.2) is 44.8 Å². The number of rotatable bonds is 2. The number of thiol groups is 1. The lowest BCUT2D eigenvalue weighted by atomic mass is 10.0. The minimum absolute atomic E-state index is 0.0699. The first-order valence-electron chi connectivity index (χ1n) is 4.34. The fourth-order valence-corrected chi connectivity index (χ4v) is 3.41. The lowest BCUT2D eigenvalue weighted by molar-refractivity contribution is -0.147. The number of nitrogens with zero attached hydrogens (tertiary/aromatic N) is 1. The summed E-state index contributed by atoms with van der Waals surface area (Å²) in [5.41, 5.74) is 6.32. The molecule has 0 aromatic rings. The van der Waals surface area contributed by atoms with E-state index in [0.29, 0.717) is 17.1 Å². The van der Waals surface area contributed by atoms with Gasteiger partial charge in [-0.25, -0.2) is 4.79 Å². The van der Waals surface area contributed by atoms with Crippen LogP contribution in [0.4, 0.5) is 0 Å². The van der Waals surface area contributed by atoms with Crippen LogP contribution in [0.15, 0.2) is 11.3 Å². The number of thioether (sulfide) groups is 1. The van der Waals surface area contributed by atoms with Crippen molar-refractivity contribution in [1.29, 1.82) is 0 Å². The predicted molar refractivity (Wildman–Crippen MR) is 59.6 cm³/mol. The van der Waals surface area contributed by atoms with Crippen LogP contribution in [0.3, 0.4) is 0 Å². The number of carbonyl (C=O) groups is 2. The van der Waals surface area contributed by atoms with Crippen LogP contribution in [0, 0.1) is 0 Å². The van der Waals surface area contributed by atoms with E-state index in [9.17, 15) is 9.59 Å². The molecular weight excluding hydrogens is 236 g/mol. The first-order valence-corrected chi connectivity index (χ1v) is 6.02. The number of carbonyl (C=O) groups excluding carboxylic acids is 1. The lowest BCUT2D eigenvalue weighted by Crippen LogP contribution is -2.68. The molecule has 2 aliphatic rings. The van der Waals surface area contributed by atoms with Crippen LogP contribution < -0.4 is 5.73 Å². The highest BCUT2D eigenvalue weighted by Gasteiger charge is 2.51. The van der Waals surface area contributed by atoms with Crippen molar-refractivity contribution >= 4 is 36.3 Å². The Balaban J connectivity index is 2.38. The van der Waals surface area contributed by atoms with Gasteiger partial charge in [0.1, 0.15) is 17.1 Å². The molecule has 2 atom stereocenters. The topological polar surface area (TPSA) is 83.6 Å². The number of hydrogen-bond acceptors (Lipinski definition) is 5. The Kier molecular flexibility index (Phi) is 2.70. The summed E-state index contributed by atoms with van der Waals surface area (Å²) in [6, 6.07) is -0.564. The van der Waals surface area contributed by atoms with Gasteiger partial charge >= 0.3 is 5.97 Å². The molecule has 0 radical (unpaired) electrons. The summed E-state index contributed by atoms with van der Waals surface area (Å²) in [6.45, 7) is 0. The van der Waals surface area contributed by atoms with Crippen molar-refractivity contribution < 1.29 is 14.7 Å². The molecule has 2 rings (SSSR count). The molecule has 0 unspecified atom stereocenters. The second-order valence-electron chi connectivity index (χ2n) is 3.35. The summed E-state index contributed by atoms with van der Waals surface area (Å²) >= 11 is 5.55. The van der Waals surface area contributed by atoms with Gasteiger partial charge in [0.15, 0.2) is 0 Å². The SMILES string of the molecule is N[C@@H]1C(=O)N2C(C(=O)O)=C(CS)CS[C@H]12. The zero-order valence-corrected chi connectivity index (χ0v) is 9.42. The predicted octanol–water partition coefficient (Wildman–Crippen LogP) is -0.503. The lowest BCUT2D eigenvalue weighted by Gasteiger charge is -2.47. The third kappa shape index (κ3) is 1.45. The largest absolute Gasteiger partial charge is 0.477 e. The number of carboxylic acids is 1. The number of aliphatic carboxylic acids is 1. The quantitative estimate of drug-likeness (QED) is 0.452. The normalized spacial score (nSPS) is 30.0. The number of hydrogen-bond donors (Lipinski definition) is 3. The van der Waals surface area contributed by atoms with E-state index in [4.69, 9.17) is 10.8 Å². The van der Waals surface area contributed by atoms with Crippen molar-refractivity contribution in [2.24, 2.45) is 5.73 Å². The number of β-lactam (4-membered cyclic amide) rings is 1. The van der Waals surface area contributed by atoms with Crippen LogP contribution in [0.1, 0.15) is 0 Å². The van der Waals surface area contributed by atoms with E-state index in [1.54, 1.807) is 0 Å². The number of carboxylic acid groups (broad SMARTS) is 1. The molecular formula is C8H10N2O3S2. The van der Waals surface area contributed by atoms with E-state index in [0.717, 1.165) is 0 Å². The van der Waals surface area contributed by atoms with Crippen molar-refractivity contribution in [3.8, 4) is 0 Å². The van der Waals surface area contributed by atoms with E-state index in [1.807, 2.05) is 0 Å². The minimum Gasteiger partial charge on any atom is -0.477 e. The maximum atomic E-state index is 11.4. The smallest absolute Gasteiger partial charge is 0.352 e. The number of amides is 1. The summed E-state index contributed by atoms with van der Waals surface area (Å²) in [5.74, 6) is -0.471. The Morgan fingerprint density at radius 1 is 1.73 bits per heavy atom. The Bertz CT molecular complexity index is 369. The second-order valence-corrected chi connectivity index (χ2v) is 4.77. The Morgan fingerprint density at radius 2 is 2.40 bits per heavy atom. The van der Waals surface area contributed by atoms with Gasteiger partial charge < -0.3 is 10.8 Å². The van der Waals surface area contributed by atoms with Crippen molar-refractivity contribution in [1.82, 2.24) is 4.90 Å². The molecule has 0 aliphatic carbocycles. The van der Waals surface area contributed by atoms with Gasteiger partial charge in [0.05, 0.1) is 0 Å². The number of nitrogens with two attached hydrogens (primary N) is 1. The average molecular weight is 246 g/mol. The minimum atomic E-state index is -1.08. The van der Waals surface area contributed by atoms with E-state index in [-0.39, 0.29) is 17.0 Å². The standard InChI is InChI=1S/C8H10N2O3S2/c9-4-6(11)10-5(8(12)13)3(1-14)2-15-7(4)10/h4,7,14H,1-2,9H2,(H,12,13)/t4-,7-/m1/s1. The molecule has 0 aromatic carbocycles. The molecule has 15 heavy (non-hydrogen) atoms. The van der Waals surface area contributed by atoms with Crippen molar-refractivity contribution in [2.75, 3.05) is 11.5 Å². The summed E-state index contributed by atoms with van der Waals surface area (Å²) < 4.78 is 0. The molecule has 1 fully saturated rings. The van der Waals surface area contributed by atoms with Gasteiger partial charge in [-0.3, -0.25) is 9.69 Å². The number of fused-ring (bicyclic) bond motifs is 1. The highest BCUT2D eigenvalue weighted by Crippen LogP contribution is 2.39. The van der Waals surface area contributed by atoms with Gasteiger partial charge in [0, 0.05) is 11.5 Å². The van der Waals surface area contributed by atoms with Gasteiger partial charge in [-0.05, 0) is 5.57 Å². The molecule has 0 bridgehead atoms. The third-order valence-corrected chi connectivity index (χ3v) is 4.22. The highest BCUT2D eigenvalue weighted by atomic mass is 32.2. The third-order valence-electron chi connectivity index (χ3n) is 2.48. The maximum absolute atomic E-state index is 11.4. The molecule has 82 valence electrons. The average Bonchev–Trinajstić information content (AvgIpc) is 2.25. The summed E-state index contributed by atoms with van der Waals surface area (Å²) in [5, 5.41) is 8.81. The van der Waals surface area contributed by atoms with Crippen LogP contribution >= 0.6 is 24.4 Å². The zero-order chi connectivity index (χ0) is 11.2. The monoisotopic (exact) mass is 246 g/mol. The molecule has 2 heterocycles. The van der Waals surface area contributed by atoms with Crippen molar-refractivity contribution in [3.63, 3.8) is 0 Å². The highest BCUT2D eigenvalue weighted by molar-refractivity contribution is 8.00. The molecule has 2 aliphatic heterocycles. The van der Waals surface area contributed by atoms with E-state index in [1.165, 1.54) is 16.7 Å². The van der Waals surface area contributed by atoms with Crippen molar-refractivity contribution in [2.45, 2.75) is 11.4 Å². The van der Waals surface area contributed by atoms with Crippen LogP contribution in [0.5, 0.6) is 0 Å². The Morgan fingerprint density at radius 3 is 2.93 bits per heavy atom. The van der Waals surface area contributed by atoms with Gasteiger partial charge in [-0.2, -0.15) is 12.6 Å². The van der Waals surface area contributed by atoms with Crippen LogP contribution in [0.25, 0.3) is 0 Å². The molecule has 3 N–H and O–H groups in total. The molecule has 0 saturated carbocycles. The molecule has 7 heteroatoms. The molecule has 1 saturated heterocycles. The fourth-order valence-electron chi connectivity index (χ4n) is 1.70. The van der Waals surface area contributed by atoms with E-state index in [2.05, 4.69) is 12.6 Å². The van der Waals surface area contributed by atoms with Gasteiger partial charge in [-0.15, -0.1) is 11.8 Å². The van der Waals surface area contributed by atoms with Gasteiger partial charge in [0.25, 0.3) is 0 Å². The molecule has 0 aromatic heterocycles.